The van der Waals surface area contributed by atoms with Gasteiger partial charge in [0.05, 0.1) is 13.2 Å². The second kappa shape index (κ2) is 9.38. The first-order chi connectivity index (χ1) is 10.3. The summed E-state index contributed by atoms with van der Waals surface area (Å²) in [5, 5.41) is 35.8. The Morgan fingerprint density at radius 1 is 0.773 bits per heavy atom. The second-order valence-electron chi connectivity index (χ2n) is 5.38. The van der Waals surface area contributed by atoms with Gasteiger partial charge in [0.15, 0.2) is 0 Å². The SMILES string of the molecule is CCCCCC.O=C(O)C1(CO)C=CC(CO)(C(=O)O)C=C1. The van der Waals surface area contributed by atoms with Gasteiger partial charge in [0.1, 0.15) is 10.8 Å². The van der Waals surface area contributed by atoms with Crippen LogP contribution in [0.3, 0.4) is 0 Å². The highest BCUT2D eigenvalue weighted by Gasteiger charge is 2.42. The first kappa shape index (κ1) is 20.3. The summed E-state index contributed by atoms with van der Waals surface area (Å²) in [6.07, 6.45) is 9.87. The van der Waals surface area contributed by atoms with E-state index in [0.29, 0.717) is 0 Å². The molecule has 0 radical (unpaired) electrons. The maximum Gasteiger partial charge on any atom is 0.319 e. The fourth-order valence-electron chi connectivity index (χ4n) is 1.84. The third kappa shape index (κ3) is 4.96. The second-order valence-corrected chi connectivity index (χ2v) is 5.38. The highest BCUT2D eigenvalue weighted by atomic mass is 16.4. The number of aliphatic hydroxyl groups excluding tert-OH is 2. The fourth-order valence-corrected chi connectivity index (χ4v) is 1.84. The summed E-state index contributed by atoms with van der Waals surface area (Å²) in [6, 6.07) is 0. The number of hydrogen-bond donors (Lipinski definition) is 4. The molecule has 0 saturated heterocycles. The maximum absolute atomic E-state index is 10.9. The van der Waals surface area contributed by atoms with Gasteiger partial charge in [-0.2, -0.15) is 0 Å². The molecule has 6 heteroatoms. The molecule has 4 N–H and O–H groups in total. The molecule has 6 nitrogen and oxygen atoms in total. The van der Waals surface area contributed by atoms with Gasteiger partial charge in [-0.05, 0) is 0 Å². The smallest absolute Gasteiger partial charge is 0.319 e. The summed E-state index contributed by atoms with van der Waals surface area (Å²) in [7, 11) is 0. The Labute approximate surface area is 130 Å². The molecule has 0 spiro atoms. The van der Waals surface area contributed by atoms with Crippen molar-refractivity contribution in [3.8, 4) is 0 Å². The van der Waals surface area contributed by atoms with Crippen molar-refractivity contribution in [1.29, 1.82) is 0 Å². The predicted molar refractivity (Wildman–Crippen MR) is 82.4 cm³/mol. The number of carboxylic acid groups (broad SMARTS) is 2. The van der Waals surface area contributed by atoms with E-state index >= 15 is 0 Å². The van der Waals surface area contributed by atoms with Gasteiger partial charge in [-0.15, -0.1) is 0 Å². The van der Waals surface area contributed by atoms with Gasteiger partial charge in [0.25, 0.3) is 0 Å². The zero-order valence-corrected chi connectivity index (χ0v) is 13.2. The Morgan fingerprint density at radius 2 is 1.05 bits per heavy atom. The summed E-state index contributed by atoms with van der Waals surface area (Å²) in [6.45, 7) is 3.12. The van der Waals surface area contributed by atoms with Crippen molar-refractivity contribution < 1.29 is 30.0 Å². The Bertz CT molecular complexity index is 372. The summed E-state index contributed by atoms with van der Waals surface area (Å²) < 4.78 is 0. The first-order valence-corrected chi connectivity index (χ1v) is 7.43. The van der Waals surface area contributed by atoms with E-state index in [9.17, 15) is 9.59 Å². The van der Waals surface area contributed by atoms with Crippen molar-refractivity contribution in [2.24, 2.45) is 10.8 Å². The minimum Gasteiger partial charge on any atom is -0.480 e. The van der Waals surface area contributed by atoms with Gasteiger partial charge in [-0.3, -0.25) is 9.59 Å². The van der Waals surface area contributed by atoms with Crippen molar-refractivity contribution in [2.45, 2.75) is 39.5 Å². The average Bonchev–Trinajstić information content (AvgIpc) is 2.53. The van der Waals surface area contributed by atoms with E-state index in [0.717, 1.165) is 24.3 Å². The molecule has 0 bridgehead atoms. The lowest BCUT2D eigenvalue weighted by atomic mass is 9.75. The lowest BCUT2D eigenvalue weighted by Gasteiger charge is -2.29. The zero-order valence-electron chi connectivity index (χ0n) is 13.2. The van der Waals surface area contributed by atoms with Crippen molar-refractivity contribution in [3.05, 3.63) is 24.3 Å². The molecular weight excluding hydrogens is 288 g/mol. The van der Waals surface area contributed by atoms with Crippen molar-refractivity contribution >= 4 is 11.9 Å². The molecular formula is C16H26O6. The monoisotopic (exact) mass is 314 g/mol. The normalized spacial score (nSPS) is 26.2. The van der Waals surface area contributed by atoms with E-state index in [1.54, 1.807) is 0 Å². The Morgan fingerprint density at radius 3 is 1.18 bits per heavy atom. The summed E-state index contributed by atoms with van der Waals surface area (Å²) in [5.41, 5.74) is -3.21. The largest absolute Gasteiger partial charge is 0.480 e. The predicted octanol–water partition coefficient (Wildman–Crippen LogP) is 1.83. The van der Waals surface area contributed by atoms with Crippen LogP contribution in [0.4, 0.5) is 0 Å². The number of carbonyl (C=O) groups is 2. The molecule has 22 heavy (non-hydrogen) atoms. The van der Waals surface area contributed by atoms with Crippen molar-refractivity contribution in [2.75, 3.05) is 13.2 Å². The Balaban J connectivity index is 0.000000626. The van der Waals surface area contributed by atoms with Crippen LogP contribution in [0.1, 0.15) is 39.5 Å². The van der Waals surface area contributed by atoms with Crippen molar-refractivity contribution in [3.63, 3.8) is 0 Å². The third-order valence-corrected chi connectivity index (χ3v) is 3.63. The summed E-state index contributed by atoms with van der Waals surface area (Å²) in [5.74, 6) is -2.56. The molecule has 0 aromatic rings. The quantitative estimate of drug-likeness (QED) is 0.421. The standard InChI is InChI=1S/C10H12O6.C6H14/c11-5-9(7(13)14)1-2-10(6-12,4-3-9)8(15)16;1-3-5-6-4-2/h1-4,11-12H,5-6H2,(H,13,14)(H,15,16);3-6H2,1-2H3. The molecule has 0 amide bonds. The molecule has 0 fully saturated rings. The number of unbranched alkanes of at least 4 members (excludes halogenated alkanes) is 3. The number of aliphatic hydroxyl groups is 2. The minimum atomic E-state index is -1.60. The molecule has 0 heterocycles. The van der Waals surface area contributed by atoms with Gasteiger partial charge < -0.3 is 20.4 Å². The van der Waals surface area contributed by atoms with Crippen LogP contribution in [0.5, 0.6) is 0 Å². The van der Waals surface area contributed by atoms with Crippen LogP contribution in [0.25, 0.3) is 0 Å². The molecule has 0 unspecified atom stereocenters. The highest BCUT2D eigenvalue weighted by Crippen LogP contribution is 2.34. The van der Waals surface area contributed by atoms with Crippen LogP contribution in [0, 0.1) is 10.8 Å². The first-order valence-electron chi connectivity index (χ1n) is 7.43. The topological polar surface area (TPSA) is 115 Å². The third-order valence-electron chi connectivity index (χ3n) is 3.63. The molecule has 0 atom stereocenters. The van der Waals surface area contributed by atoms with Gasteiger partial charge in [0, 0.05) is 0 Å². The number of aliphatic carboxylic acids is 2. The number of rotatable bonds is 7. The van der Waals surface area contributed by atoms with Crippen LogP contribution in [0.2, 0.25) is 0 Å². The molecule has 0 aromatic carbocycles. The summed E-state index contributed by atoms with van der Waals surface area (Å²) >= 11 is 0. The lowest BCUT2D eigenvalue weighted by Crippen LogP contribution is -2.39. The van der Waals surface area contributed by atoms with Crippen LogP contribution in [-0.2, 0) is 9.59 Å². The lowest BCUT2D eigenvalue weighted by molar-refractivity contribution is -0.148. The number of carboxylic acids is 2. The van der Waals surface area contributed by atoms with Gasteiger partial charge in [-0.1, -0.05) is 63.8 Å². The molecule has 0 saturated carbocycles. The molecule has 126 valence electrons. The van der Waals surface area contributed by atoms with Crippen LogP contribution in [0.15, 0.2) is 24.3 Å². The Hall–Kier alpha value is -1.66. The van der Waals surface area contributed by atoms with Gasteiger partial charge in [0.2, 0.25) is 0 Å². The summed E-state index contributed by atoms with van der Waals surface area (Å²) in [4.78, 5) is 21.8. The molecule has 0 aliphatic heterocycles. The molecule has 0 aromatic heterocycles. The van der Waals surface area contributed by atoms with E-state index < -0.39 is 36.0 Å². The van der Waals surface area contributed by atoms with Crippen molar-refractivity contribution in [1.82, 2.24) is 0 Å². The van der Waals surface area contributed by atoms with E-state index in [1.165, 1.54) is 25.7 Å². The highest BCUT2D eigenvalue weighted by molar-refractivity contribution is 5.85. The van der Waals surface area contributed by atoms with Gasteiger partial charge in [-0.25, -0.2) is 0 Å². The minimum absolute atomic E-state index is 0.670. The average molecular weight is 314 g/mol. The van der Waals surface area contributed by atoms with Gasteiger partial charge >= 0.3 is 11.9 Å². The van der Waals surface area contributed by atoms with Crippen LogP contribution >= 0.6 is 0 Å². The maximum atomic E-state index is 10.9. The van der Waals surface area contributed by atoms with E-state index in [-0.39, 0.29) is 0 Å². The molecule has 1 aliphatic carbocycles. The fraction of sp³-hybridized carbons (Fsp3) is 0.625. The Kier molecular flexibility index (Phi) is 8.67. The van der Waals surface area contributed by atoms with E-state index in [2.05, 4.69) is 13.8 Å². The number of hydrogen-bond acceptors (Lipinski definition) is 4. The van der Waals surface area contributed by atoms with E-state index in [4.69, 9.17) is 20.4 Å². The van der Waals surface area contributed by atoms with Crippen LogP contribution in [-0.4, -0.2) is 45.6 Å². The van der Waals surface area contributed by atoms with Crippen LogP contribution < -0.4 is 0 Å². The molecule has 1 aliphatic rings. The van der Waals surface area contributed by atoms with E-state index in [1.807, 2.05) is 0 Å². The zero-order chi connectivity index (χ0) is 17.2. The molecule has 1 rings (SSSR count).